The first-order valence-electron chi connectivity index (χ1n) is 6.06. The monoisotopic (exact) mass is 283 g/mol. The van der Waals surface area contributed by atoms with Crippen LogP contribution in [0.2, 0.25) is 0 Å². The molecular formula is C12H15F2N5O. The standard InChI is InChI=1S/C12H15F2N5O/c1-20-6-5-15-7-9-8-17-19(11(9)12(13)14)10-3-2-4-16-18-10/h2-4,8,12,15H,5-7H2,1H3. The van der Waals surface area contributed by atoms with Crippen molar-refractivity contribution in [3.8, 4) is 5.82 Å². The molecule has 0 amide bonds. The highest BCUT2D eigenvalue weighted by Gasteiger charge is 2.21. The van der Waals surface area contributed by atoms with E-state index in [1.807, 2.05) is 0 Å². The van der Waals surface area contributed by atoms with E-state index in [2.05, 4.69) is 20.6 Å². The van der Waals surface area contributed by atoms with Gasteiger partial charge in [-0.3, -0.25) is 0 Å². The second-order valence-corrected chi connectivity index (χ2v) is 4.02. The predicted molar refractivity (Wildman–Crippen MR) is 67.7 cm³/mol. The minimum absolute atomic E-state index is 0.171. The molecule has 0 spiro atoms. The van der Waals surface area contributed by atoms with Crippen molar-refractivity contribution in [1.29, 1.82) is 0 Å². The van der Waals surface area contributed by atoms with Crippen LogP contribution in [0.1, 0.15) is 17.7 Å². The van der Waals surface area contributed by atoms with Crippen LogP contribution in [0.25, 0.3) is 5.82 Å². The van der Waals surface area contributed by atoms with Gasteiger partial charge in [0.1, 0.15) is 5.69 Å². The van der Waals surface area contributed by atoms with Crippen LogP contribution < -0.4 is 5.32 Å². The molecule has 2 rings (SSSR count). The summed E-state index contributed by atoms with van der Waals surface area (Å²) in [5.41, 5.74) is 0.261. The summed E-state index contributed by atoms with van der Waals surface area (Å²) in [5, 5.41) is 14.4. The maximum atomic E-state index is 13.2. The molecule has 108 valence electrons. The van der Waals surface area contributed by atoms with Crippen molar-refractivity contribution in [2.75, 3.05) is 20.3 Å². The average molecular weight is 283 g/mol. The number of rotatable bonds is 7. The Morgan fingerprint density at radius 1 is 1.45 bits per heavy atom. The summed E-state index contributed by atoms with van der Waals surface area (Å²) < 4.78 is 32.4. The summed E-state index contributed by atoms with van der Waals surface area (Å²) in [6.07, 6.45) is 0.247. The van der Waals surface area contributed by atoms with Crippen molar-refractivity contribution < 1.29 is 13.5 Å². The summed E-state index contributed by atoms with van der Waals surface area (Å²) in [6, 6.07) is 3.20. The van der Waals surface area contributed by atoms with E-state index in [4.69, 9.17) is 4.74 Å². The molecule has 0 fully saturated rings. The van der Waals surface area contributed by atoms with Crippen LogP contribution in [0.15, 0.2) is 24.5 Å². The lowest BCUT2D eigenvalue weighted by Gasteiger charge is -2.08. The lowest BCUT2D eigenvalue weighted by Crippen LogP contribution is -2.19. The Kier molecular flexibility index (Phi) is 5.08. The van der Waals surface area contributed by atoms with Crippen molar-refractivity contribution in [2.45, 2.75) is 13.0 Å². The third-order valence-corrected chi connectivity index (χ3v) is 2.67. The first-order chi connectivity index (χ1) is 9.74. The van der Waals surface area contributed by atoms with E-state index >= 15 is 0 Å². The van der Waals surface area contributed by atoms with E-state index < -0.39 is 6.43 Å². The zero-order valence-corrected chi connectivity index (χ0v) is 11.0. The number of nitrogens with one attached hydrogen (secondary N) is 1. The molecule has 20 heavy (non-hydrogen) atoms. The van der Waals surface area contributed by atoms with Crippen molar-refractivity contribution >= 4 is 0 Å². The summed E-state index contributed by atoms with van der Waals surface area (Å²) in [7, 11) is 1.58. The predicted octanol–water partition coefficient (Wildman–Crippen LogP) is 1.34. The highest BCUT2D eigenvalue weighted by atomic mass is 19.3. The quantitative estimate of drug-likeness (QED) is 0.777. The molecule has 0 radical (unpaired) electrons. The van der Waals surface area contributed by atoms with E-state index in [-0.39, 0.29) is 11.5 Å². The van der Waals surface area contributed by atoms with Gasteiger partial charge in [0, 0.05) is 32.0 Å². The van der Waals surface area contributed by atoms with Gasteiger partial charge in [0.05, 0.1) is 12.8 Å². The highest BCUT2D eigenvalue weighted by molar-refractivity contribution is 5.28. The lowest BCUT2D eigenvalue weighted by atomic mass is 10.2. The normalized spacial score (nSPS) is 11.2. The maximum absolute atomic E-state index is 13.2. The van der Waals surface area contributed by atoms with Gasteiger partial charge in [-0.05, 0) is 12.1 Å². The Balaban J connectivity index is 2.20. The minimum atomic E-state index is -2.64. The Labute approximate surface area is 114 Å². The topological polar surface area (TPSA) is 64.9 Å². The molecule has 0 aliphatic carbocycles. The molecule has 0 saturated carbocycles. The first-order valence-corrected chi connectivity index (χ1v) is 6.06. The van der Waals surface area contributed by atoms with Crippen molar-refractivity contribution in [3.05, 3.63) is 35.8 Å². The van der Waals surface area contributed by atoms with Crippen molar-refractivity contribution in [3.63, 3.8) is 0 Å². The third-order valence-electron chi connectivity index (χ3n) is 2.67. The summed E-state index contributed by atoms with van der Waals surface area (Å²) >= 11 is 0. The van der Waals surface area contributed by atoms with E-state index in [1.54, 1.807) is 19.2 Å². The minimum Gasteiger partial charge on any atom is -0.383 e. The zero-order chi connectivity index (χ0) is 14.4. The summed E-state index contributed by atoms with van der Waals surface area (Å²) in [4.78, 5) is 0. The average Bonchev–Trinajstić information content (AvgIpc) is 2.88. The van der Waals surface area contributed by atoms with Gasteiger partial charge in [-0.1, -0.05) is 0 Å². The molecule has 0 atom stereocenters. The summed E-state index contributed by atoms with van der Waals surface area (Å²) in [6.45, 7) is 1.39. The number of ether oxygens (including phenoxy) is 1. The Morgan fingerprint density at radius 3 is 2.95 bits per heavy atom. The molecule has 0 saturated heterocycles. The molecule has 0 unspecified atom stereocenters. The number of halogens is 2. The van der Waals surface area contributed by atoms with Gasteiger partial charge in [0.15, 0.2) is 5.82 Å². The van der Waals surface area contributed by atoms with Gasteiger partial charge in [-0.15, -0.1) is 5.10 Å². The highest BCUT2D eigenvalue weighted by Crippen LogP contribution is 2.24. The molecule has 2 heterocycles. The number of alkyl halides is 2. The number of hydrogen-bond acceptors (Lipinski definition) is 5. The lowest BCUT2D eigenvalue weighted by molar-refractivity contribution is 0.141. The molecule has 2 aromatic rings. The Bertz CT molecular complexity index is 532. The maximum Gasteiger partial charge on any atom is 0.280 e. The van der Waals surface area contributed by atoms with Crippen LogP contribution in [0.5, 0.6) is 0 Å². The van der Waals surface area contributed by atoms with Gasteiger partial charge in [0.2, 0.25) is 0 Å². The van der Waals surface area contributed by atoms with Gasteiger partial charge in [-0.2, -0.15) is 10.2 Å². The van der Waals surface area contributed by atoms with E-state index in [9.17, 15) is 8.78 Å². The van der Waals surface area contributed by atoms with Gasteiger partial charge >= 0.3 is 0 Å². The van der Waals surface area contributed by atoms with Crippen molar-refractivity contribution in [2.24, 2.45) is 0 Å². The second kappa shape index (κ2) is 7.01. The third kappa shape index (κ3) is 3.34. The fourth-order valence-electron chi connectivity index (χ4n) is 1.75. The largest absolute Gasteiger partial charge is 0.383 e. The molecule has 6 nitrogen and oxygen atoms in total. The second-order valence-electron chi connectivity index (χ2n) is 4.02. The molecule has 0 aliphatic heterocycles. The summed E-state index contributed by atoms with van der Waals surface area (Å²) in [5.74, 6) is 0.269. The molecular weight excluding hydrogens is 268 g/mol. The van der Waals surface area contributed by atoms with Crippen molar-refractivity contribution in [1.82, 2.24) is 25.3 Å². The van der Waals surface area contributed by atoms with E-state index in [0.29, 0.717) is 25.3 Å². The van der Waals surface area contributed by atoms with Crippen LogP contribution in [-0.4, -0.2) is 40.2 Å². The van der Waals surface area contributed by atoms with Gasteiger partial charge in [0.25, 0.3) is 6.43 Å². The van der Waals surface area contributed by atoms with Crippen LogP contribution in [-0.2, 0) is 11.3 Å². The Hall–Kier alpha value is -1.93. The van der Waals surface area contributed by atoms with Gasteiger partial charge in [-0.25, -0.2) is 13.5 Å². The molecule has 1 N–H and O–H groups in total. The SMILES string of the molecule is COCCNCc1cnn(-c2cccnn2)c1C(F)F. The van der Waals surface area contributed by atoms with Crippen LogP contribution in [0.3, 0.4) is 0 Å². The molecule has 2 aromatic heterocycles. The number of nitrogens with zero attached hydrogens (tertiary/aromatic N) is 4. The first kappa shape index (κ1) is 14.5. The molecule has 0 bridgehead atoms. The van der Waals surface area contributed by atoms with Gasteiger partial charge < -0.3 is 10.1 Å². The Morgan fingerprint density at radius 2 is 2.30 bits per heavy atom. The van der Waals surface area contributed by atoms with Crippen LogP contribution >= 0.6 is 0 Å². The number of hydrogen-bond donors (Lipinski definition) is 1. The molecule has 0 aliphatic rings. The van der Waals surface area contributed by atoms with Crippen LogP contribution in [0, 0.1) is 0 Å². The molecule has 0 aromatic carbocycles. The smallest absolute Gasteiger partial charge is 0.280 e. The van der Waals surface area contributed by atoms with E-state index in [0.717, 1.165) is 4.68 Å². The van der Waals surface area contributed by atoms with E-state index in [1.165, 1.54) is 12.4 Å². The fourth-order valence-corrected chi connectivity index (χ4v) is 1.75. The molecule has 8 heteroatoms. The van der Waals surface area contributed by atoms with Crippen LogP contribution in [0.4, 0.5) is 8.78 Å². The fraction of sp³-hybridized carbons (Fsp3) is 0.417. The number of aromatic nitrogens is 4. The number of methoxy groups -OCH3 is 1. The zero-order valence-electron chi connectivity index (χ0n) is 11.0.